The smallest absolute Gasteiger partial charge is 0.309 e. The van der Waals surface area contributed by atoms with Crippen molar-refractivity contribution in [2.45, 2.75) is 20.3 Å². The van der Waals surface area contributed by atoms with E-state index in [9.17, 15) is 13.6 Å². The van der Waals surface area contributed by atoms with Crippen molar-refractivity contribution < 1.29 is 18.3 Å². The Bertz CT molecular complexity index is 201. The predicted molar refractivity (Wildman–Crippen MR) is 38.8 cm³/mol. The quantitative estimate of drug-likeness (QED) is 0.601. The zero-order chi connectivity index (χ0) is 9.52. The van der Waals surface area contributed by atoms with E-state index in [2.05, 4.69) is 4.74 Å². The van der Waals surface area contributed by atoms with E-state index in [0.717, 1.165) is 0 Å². The molecule has 0 unspecified atom stereocenters. The van der Waals surface area contributed by atoms with Crippen molar-refractivity contribution in [1.82, 2.24) is 0 Å². The highest BCUT2D eigenvalue weighted by molar-refractivity contribution is 5.77. The molecule has 1 rings (SSSR count). The number of rotatable bonds is 2. The second-order valence-electron chi connectivity index (χ2n) is 3.68. The summed E-state index contributed by atoms with van der Waals surface area (Å²) < 4.78 is 28.9. The van der Waals surface area contributed by atoms with Crippen molar-refractivity contribution in [2.75, 3.05) is 7.11 Å². The van der Waals surface area contributed by atoms with Gasteiger partial charge in [-0.05, 0) is 5.41 Å². The molecule has 0 N–H and O–H groups in total. The fourth-order valence-electron chi connectivity index (χ4n) is 1.73. The molecular formula is C8H12F2O2. The van der Waals surface area contributed by atoms with Crippen molar-refractivity contribution in [1.29, 1.82) is 0 Å². The SMILES string of the molecule is COC(=O)[C@@H]1[C@@H](C(F)F)C1(C)C. The second kappa shape index (κ2) is 2.68. The van der Waals surface area contributed by atoms with Crippen LogP contribution in [0.15, 0.2) is 0 Å². The summed E-state index contributed by atoms with van der Waals surface area (Å²) in [5, 5.41) is 0. The molecular weight excluding hydrogens is 166 g/mol. The molecule has 0 aliphatic heterocycles. The van der Waals surface area contributed by atoms with Crippen molar-refractivity contribution in [2.24, 2.45) is 17.3 Å². The first-order chi connectivity index (χ1) is 5.42. The van der Waals surface area contributed by atoms with Gasteiger partial charge in [-0.1, -0.05) is 13.8 Å². The van der Waals surface area contributed by atoms with Gasteiger partial charge in [0.25, 0.3) is 0 Å². The Morgan fingerprint density at radius 2 is 2.00 bits per heavy atom. The van der Waals surface area contributed by atoms with Crippen molar-refractivity contribution in [3.8, 4) is 0 Å². The lowest BCUT2D eigenvalue weighted by atomic mass is 10.1. The second-order valence-corrected chi connectivity index (χ2v) is 3.68. The molecule has 0 bridgehead atoms. The lowest BCUT2D eigenvalue weighted by Crippen LogP contribution is -2.08. The summed E-state index contributed by atoms with van der Waals surface area (Å²) >= 11 is 0. The number of hydrogen-bond acceptors (Lipinski definition) is 2. The molecule has 0 radical (unpaired) electrons. The van der Waals surface area contributed by atoms with Crippen LogP contribution in [0.3, 0.4) is 0 Å². The molecule has 70 valence electrons. The van der Waals surface area contributed by atoms with Crippen LogP contribution in [0.1, 0.15) is 13.8 Å². The minimum atomic E-state index is -2.43. The van der Waals surface area contributed by atoms with Gasteiger partial charge in [0, 0.05) is 5.92 Å². The Morgan fingerprint density at radius 1 is 1.50 bits per heavy atom. The number of methoxy groups -OCH3 is 1. The molecule has 0 aromatic rings. The molecule has 1 aliphatic rings. The molecule has 4 heteroatoms. The summed E-state index contributed by atoms with van der Waals surface area (Å²) in [4.78, 5) is 10.9. The first-order valence-corrected chi connectivity index (χ1v) is 3.79. The molecule has 1 fully saturated rings. The molecule has 1 aliphatic carbocycles. The van der Waals surface area contributed by atoms with Gasteiger partial charge < -0.3 is 4.74 Å². The Labute approximate surface area is 69.9 Å². The lowest BCUT2D eigenvalue weighted by Gasteiger charge is -1.99. The van der Waals surface area contributed by atoms with E-state index in [0.29, 0.717) is 0 Å². The highest BCUT2D eigenvalue weighted by Gasteiger charge is 2.66. The van der Waals surface area contributed by atoms with Crippen LogP contribution in [-0.4, -0.2) is 19.5 Å². The van der Waals surface area contributed by atoms with Crippen LogP contribution >= 0.6 is 0 Å². The molecule has 1 saturated carbocycles. The molecule has 0 saturated heterocycles. The van der Waals surface area contributed by atoms with E-state index >= 15 is 0 Å². The van der Waals surface area contributed by atoms with E-state index in [-0.39, 0.29) is 0 Å². The summed E-state index contributed by atoms with van der Waals surface area (Å²) in [7, 11) is 1.22. The largest absolute Gasteiger partial charge is 0.469 e. The van der Waals surface area contributed by atoms with Crippen molar-refractivity contribution >= 4 is 5.97 Å². The Morgan fingerprint density at radius 3 is 2.25 bits per heavy atom. The van der Waals surface area contributed by atoms with Gasteiger partial charge in [0.15, 0.2) is 0 Å². The van der Waals surface area contributed by atoms with E-state index in [1.165, 1.54) is 7.11 Å². The predicted octanol–water partition coefficient (Wildman–Crippen LogP) is 1.70. The highest BCUT2D eigenvalue weighted by Crippen LogP contribution is 2.61. The molecule has 0 aromatic heterocycles. The Balaban J connectivity index is 2.66. The Hall–Kier alpha value is -0.670. The van der Waals surface area contributed by atoms with E-state index in [1.54, 1.807) is 13.8 Å². The number of halogens is 2. The summed E-state index contributed by atoms with van der Waals surface area (Å²) in [6, 6.07) is 0. The molecule has 0 aromatic carbocycles. The number of esters is 1. The summed E-state index contributed by atoms with van der Waals surface area (Å²) in [5.41, 5.74) is -0.596. The van der Waals surface area contributed by atoms with Gasteiger partial charge in [0.05, 0.1) is 13.0 Å². The van der Waals surface area contributed by atoms with Crippen LogP contribution in [0.5, 0.6) is 0 Å². The maximum Gasteiger partial charge on any atom is 0.309 e. The van der Waals surface area contributed by atoms with Crippen LogP contribution in [0.2, 0.25) is 0 Å². The summed E-state index contributed by atoms with van der Waals surface area (Å²) in [5.74, 6) is -1.97. The molecule has 0 spiro atoms. The van der Waals surface area contributed by atoms with E-state index in [4.69, 9.17) is 0 Å². The third-order valence-electron chi connectivity index (χ3n) is 2.64. The summed E-state index contributed by atoms with van der Waals surface area (Å²) in [6.07, 6.45) is -2.43. The molecule has 2 atom stereocenters. The monoisotopic (exact) mass is 178 g/mol. The average molecular weight is 178 g/mol. The zero-order valence-corrected chi connectivity index (χ0v) is 7.30. The number of alkyl halides is 2. The van der Waals surface area contributed by atoms with E-state index in [1.807, 2.05) is 0 Å². The van der Waals surface area contributed by atoms with Crippen LogP contribution in [0.25, 0.3) is 0 Å². The van der Waals surface area contributed by atoms with Gasteiger partial charge in [-0.3, -0.25) is 4.79 Å². The highest BCUT2D eigenvalue weighted by atomic mass is 19.3. The van der Waals surface area contributed by atoms with Gasteiger partial charge in [-0.15, -0.1) is 0 Å². The zero-order valence-electron chi connectivity index (χ0n) is 7.30. The minimum absolute atomic E-state index is 0.523. The maximum atomic E-state index is 12.3. The molecule has 0 heterocycles. The number of carbonyl (C=O) groups excluding carboxylic acids is 1. The van der Waals surface area contributed by atoms with Crippen LogP contribution < -0.4 is 0 Å². The van der Waals surface area contributed by atoms with Crippen molar-refractivity contribution in [3.63, 3.8) is 0 Å². The third-order valence-corrected chi connectivity index (χ3v) is 2.64. The molecule has 0 amide bonds. The number of carbonyl (C=O) groups is 1. The van der Waals surface area contributed by atoms with Crippen LogP contribution in [0.4, 0.5) is 8.78 Å². The number of hydrogen-bond donors (Lipinski definition) is 0. The Kier molecular flexibility index (Phi) is 2.10. The van der Waals surface area contributed by atoms with Gasteiger partial charge >= 0.3 is 5.97 Å². The first kappa shape index (κ1) is 9.42. The van der Waals surface area contributed by atoms with Gasteiger partial charge in [0.2, 0.25) is 6.43 Å². The number of ether oxygens (including phenoxy) is 1. The standard InChI is InChI=1S/C8H12F2O2/c1-8(2)4(6(9)10)5(8)7(11)12-3/h4-6H,1-3H3/t4-,5-/m0/s1. The topological polar surface area (TPSA) is 26.3 Å². The lowest BCUT2D eigenvalue weighted by molar-refractivity contribution is -0.143. The van der Waals surface area contributed by atoms with Crippen LogP contribution in [0, 0.1) is 17.3 Å². The van der Waals surface area contributed by atoms with Gasteiger partial charge in [-0.25, -0.2) is 8.78 Å². The molecule has 12 heavy (non-hydrogen) atoms. The summed E-state index contributed by atoms with van der Waals surface area (Å²) in [6.45, 7) is 3.32. The molecule has 2 nitrogen and oxygen atoms in total. The normalized spacial score (nSPS) is 31.8. The fraction of sp³-hybridized carbons (Fsp3) is 0.875. The minimum Gasteiger partial charge on any atom is -0.469 e. The van der Waals surface area contributed by atoms with Gasteiger partial charge in [-0.2, -0.15) is 0 Å². The average Bonchev–Trinajstić information content (AvgIpc) is 2.52. The first-order valence-electron chi connectivity index (χ1n) is 3.79. The fourth-order valence-corrected chi connectivity index (χ4v) is 1.73. The van der Waals surface area contributed by atoms with Crippen LogP contribution in [-0.2, 0) is 9.53 Å². The third kappa shape index (κ3) is 1.19. The van der Waals surface area contributed by atoms with Gasteiger partial charge in [0.1, 0.15) is 0 Å². The van der Waals surface area contributed by atoms with E-state index < -0.39 is 29.6 Å². The van der Waals surface area contributed by atoms with Crippen molar-refractivity contribution in [3.05, 3.63) is 0 Å². The maximum absolute atomic E-state index is 12.3.